The van der Waals surface area contributed by atoms with Crippen LogP contribution < -0.4 is 10.6 Å². The Morgan fingerprint density at radius 2 is 1.93 bits per heavy atom. The first kappa shape index (κ1) is 21.2. The number of hydrogen-bond donors (Lipinski definition) is 3. The molecule has 0 heterocycles. The van der Waals surface area contributed by atoms with Crippen molar-refractivity contribution >= 4 is 12.0 Å². The second kappa shape index (κ2) is 9.74. The summed E-state index contributed by atoms with van der Waals surface area (Å²) in [4.78, 5) is 25.4. The van der Waals surface area contributed by atoms with Crippen molar-refractivity contribution in [3.8, 4) is 0 Å². The fraction of sp³-hybridized carbons (Fsp3) is 0.619. The monoisotopic (exact) mass is 375 g/mol. The lowest BCUT2D eigenvalue weighted by molar-refractivity contribution is -0.139. The van der Waals surface area contributed by atoms with Gasteiger partial charge in [-0.15, -0.1) is 0 Å². The molecule has 1 atom stereocenters. The molecule has 6 heteroatoms. The van der Waals surface area contributed by atoms with E-state index >= 15 is 0 Å². The standard InChI is InChI=1S/C21H33N3O3/c1-5-24(13-20(25)26)17-11-16(12-17)22-21(27)23-19(10-14(2)3)18-9-7-6-8-15(18)4/h6-9,14,16-17,19H,5,10-13H2,1-4H3,(H,25,26)(H2,22,23,27). The fourth-order valence-electron chi connectivity index (χ4n) is 3.77. The van der Waals surface area contributed by atoms with Crippen LogP contribution in [-0.4, -0.2) is 47.2 Å². The van der Waals surface area contributed by atoms with E-state index in [1.807, 2.05) is 24.0 Å². The van der Waals surface area contributed by atoms with Gasteiger partial charge >= 0.3 is 12.0 Å². The van der Waals surface area contributed by atoms with Crippen LogP contribution in [0.5, 0.6) is 0 Å². The van der Waals surface area contributed by atoms with Gasteiger partial charge < -0.3 is 15.7 Å². The van der Waals surface area contributed by atoms with Gasteiger partial charge in [-0.2, -0.15) is 0 Å². The normalized spacial score (nSPS) is 20.2. The summed E-state index contributed by atoms with van der Waals surface area (Å²) in [5.74, 6) is -0.335. The summed E-state index contributed by atoms with van der Waals surface area (Å²) in [7, 11) is 0. The maximum atomic E-state index is 12.5. The number of carboxylic acids is 1. The molecule has 0 aromatic heterocycles. The summed E-state index contributed by atoms with van der Waals surface area (Å²) in [6, 6.07) is 8.35. The zero-order valence-electron chi connectivity index (χ0n) is 16.9. The lowest BCUT2D eigenvalue weighted by Crippen LogP contribution is -2.56. The van der Waals surface area contributed by atoms with Crippen molar-refractivity contribution in [1.82, 2.24) is 15.5 Å². The molecule has 1 unspecified atom stereocenters. The molecule has 1 fully saturated rings. The fourth-order valence-corrected chi connectivity index (χ4v) is 3.77. The first-order chi connectivity index (χ1) is 12.8. The SMILES string of the molecule is CCN(CC(=O)O)C1CC(NC(=O)NC(CC(C)C)c2ccccc2C)C1. The van der Waals surface area contributed by atoms with Crippen LogP contribution in [0, 0.1) is 12.8 Å². The van der Waals surface area contributed by atoms with E-state index in [9.17, 15) is 9.59 Å². The van der Waals surface area contributed by atoms with Crippen LogP contribution in [0.25, 0.3) is 0 Å². The Morgan fingerprint density at radius 1 is 1.26 bits per heavy atom. The van der Waals surface area contributed by atoms with Crippen molar-refractivity contribution in [3.63, 3.8) is 0 Å². The van der Waals surface area contributed by atoms with Gasteiger partial charge in [0.1, 0.15) is 0 Å². The summed E-state index contributed by atoms with van der Waals surface area (Å²) >= 11 is 0. The third kappa shape index (κ3) is 6.24. The van der Waals surface area contributed by atoms with E-state index in [1.54, 1.807) is 0 Å². The van der Waals surface area contributed by atoms with E-state index in [0.717, 1.165) is 24.8 Å². The second-order valence-electron chi connectivity index (χ2n) is 7.94. The Kier molecular flexibility index (Phi) is 7.66. The van der Waals surface area contributed by atoms with E-state index in [-0.39, 0.29) is 30.7 Å². The van der Waals surface area contributed by atoms with Gasteiger partial charge in [0.2, 0.25) is 0 Å². The van der Waals surface area contributed by atoms with Crippen molar-refractivity contribution in [3.05, 3.63) is 35.4 Å². The number of aliphatic carboxylic acids is 1. The third-order valence-electron chi connectivity index (χ3n) is 5.29. The van der Waals surface area contributed by atoms with Gasteiger partial charge in [-0.1, -0.05) is 45.0 Å². The number of likely N-dealkylation sites (N-methyl/N-ethyl adjacent to an activating group) is 1. The Balaban J connectivity index is 1.88. The average molecular weight is 376 g/mol. The lowest BCUT2D eigenvalue weighted by Gasteiger charge is -2.42. The first-order valence-electron chi connectivity index (χ1n) is 9.88. The predicted octanol–water partition coefficient (Wildman–Crippen LogP) is 3.32. The van der Waals surface area contributed by atoms with Gasteiger partial charge in [0.15, 0.2) is 0 Å². The largest absolute Gasteiger partial charge is 0.480 e. The van der Waals surface area contributed by atoms with E-state index < -0.39 is 5.97 Å². The number of rotatable bonds is 9. The Bertz CT molecular complexity index is 641. The number of carbonyl (C=O) groups excluding carboxylic acids is 1. The molecule has 27 heavy (non-hydrogen) atoms. The molecule has 3 N–H and O–H groups in total. The minimum absolute atomic E-state index is 0.0128. The maximum Gasteiger partial charge on any atom is 0.317 e. The van der Waals surface area contributed by atoms with Crippen molar-refractivity contribution in [2.45, 2.75) is 65.1 Å². The van der Waals surface area contributed by atoms with Crippen molar-refractivity contribution in [2.24, 2.45) is 5.92 Å². The van der Waals surface area contributed by atoms with Crippen LogP contribution in [0.3, 0.4) is 0 Å². The minimum atomic E-state index is -0.805. The number of hydrogen-bond acceptors (Lipinski definition) is 3. The van der Waals surface area contributed by atoms with Crippen LogP contribution in [0.2, 0.25) is 0 Å². The summed E-state index contributed by atoms with van der Waals surface area (Å²) in [6.07, 6.45) is 2.48. The highest BCUT2D eigenvalue weighted by Gasteiger charge is 2.35. The quantitative estimate of drug-likeness (QED) is 0.618. The first-order valence-corrected chi connectivity index (χ1v) is 9.88. The van der Waals surface area contributed by atoms with E-state index in [4.69, 9.17) is 5.11 Å². The summed E-state index contributed by atoms with van der Waals surface area (Å²) in [6.45, 7) is 9.12. The smallest absolute Gasteiger partial charge is 0.317 e. The number of carboxylic acid groups (broad SMARTS) is 1. The van der Waals surface area contributed by atoms with Gasteiger partial charge in [-0.25, -0.2) is 4.79 Å². The number of nitrogens with one attached hydrogen (secondary N) is 2. The van der Waals surface area contributed by atoms with E-state index in [0.29, 0.717) is 12.5 Å². The number of amides is 2. The Hall–Kier alpha value is -2.08. The van der Waals surface area contributed by atoms with E-state index in [2.05, 4.69) is 43.5 Å². The maximum absolute atomic E-state index is 12.5. The van der Waals surface area contributed by atoms with Gasteiger partial charge in [0.25, 0.3) is 0 Å². The zero-order valence-corrected chi connectivity index (χ0v) is 16.9. The molecule has 2 rings (SSSR count). The number of urea groups is 1. The summed E-state index contributed by atoms with van der Waals surface area (Å²) in [5, 5.41) is 15.2. The molecule has 1 saturated carbocycles. The number of benzene rings is 1. The molecule has 0 aliphatic heterocycles. The topological polar surface area (TPSA) is 81.7 Å². The van der Waals surface area contributed by atoms with Crippen LogP contribution in [-0.2, 0) is 4.79 Å². The zero-order chi connectivity index (χ0) is 20.0. The highest BCUT2D eigenvalue weighted by atomic mass is 16.4. The molecule has 0 radical (unpaired) electrons. The molecule has 1 aromatic rings. The van der Waals surface area contributed by atoms with Crippen LogP contribution in [0.4, 0.5) is 4.79 Å². The van der Waals surface area contributed by atoms with Crippen LogP contribution >= 0.6 is 0 Å². The van der Waals surface area contributed by atoms with Crippen LogP contribution in [0.15, 0.2) is 24.3 Å². The number of nitrogens with zero attached hydrogens (tertiary/aromatic N) is 1. The molecule has 2 amide bonds. The van der Waals surface area contributed by atoms with Gasteiger partial charge in [0.05, 0.1) is 12.6 Å². The Labute approximate surface area is 162 Å². The average Bonchev–Trinajstić information content (AvgIpc) is 2.55. The van der Waals surface area contributed by atoms with Gasteiger partial charge in [-0.05, 0) is 49.8 Å². The van der Waals surface area contributed by atoms with Gasteiger partial charge in [0, 0.05) is 12.1 Å². The molecule has 0 bridgehead atoms. The highest BCUT2D eigenvalue weighted by Crippen LogP contribution is 2.27. The van der Waals surface area contributed by atoms with Crippen molar-refractivity contribution in [1.29, 1.82) is 0 Å². The van der Waals surface area contributed by atoms with Crippen LogP contribution in [0.1, 0.15) is 57.2 Å². The predicted molar refractivity (Wildman–Crippen MR) is 107 cm³/mol. The summed E-state index contributed by atoms with van der Waals surface area (Å²) < 4.78 is 0. The molecule has 1 aromatic carbocycles. The minimum Gasteiger partial charge on any atom is -0.480 e. The molecule has 0 saturated heterocycles. The molecule has 150 valence electrons. The van der Waals surface area contributed by atoms with Gasteiger partial charge in [-0.3, -0.25) is 9.69 Å². The molecule has 1 aliphatic carbocycles. The second-order valence-corrected chi connectivity index (χ2v) is 7.94. The lowest BCUT2D eigenvalue weighted by atomic mass is 9.85. The molecular weight excluding hydrogens is 342 g/mol. The number of carbonyl (C=O) groups is 2. The molecule has 1 aliphatic rings. The van der Waals surface area contributed by atoms with Crippen molar-refractivity contribution < 1.29 is 14.7 Å². The third-order valence-corrected chi connectivity index (χ3v) is 5.29. The molecular formula is C21H33N3O3. The molecule has 6 nitrogen and oxygen atoms in total. The Morgan fingerprint density at radius 3 is 2.48 bits per heavy atom. The van der Waals surface area contributed by atoms with Crippen molar-refractivity contribution in [2.75, 3.05) is 13.1 Å². The summed E-state index contributed by atoms with van der Waals surface area (Å²) in [5.41, 5.74) is 2.34. The van der Waals surface area contributed by atoms with E-state index in [1.165, 1.54) is 5.56 Å². The number of aryl methyl sites for hydroxylation is 1. The highest BCUT2D eigenvalue weighted by molar-refractivity contribution is 5.75. The molecule has 0 spiro atoms.